The van der Waals surface area contributed by atoms with Crippen LogP contribution in [-0.4, -0.2) is 28.3 Å². The van der Waals surface area contributed by atoms with Crippen LogP contribution >= 0.6 is 0 Å². The third kappa shape index (κ3) is 3.47. The maximum absolute atomic E-state index is 10.9. The molecule has 0 bridgehead atoms. The van der Waals surface area contributed by atoms with E-state index < -0.39 is 11.6 Å². The van der Waals surface area contributed by atoms with Gasteiger partial charge in [0.1, 0.15) is 0 Å². The summed E-state index contributed by atoms with van der Waals surface area (Å²) in [6.07, 6.45) is 1.37. The van der Waals surface area contributed by atoms with Crippen molar-refractivity contribution in [1.29, 1.82) is 0 Å². The fourth-order valence-electron chi connectivity index (χ4n) is 1.78. The topological polar surface area (TPSA) is 69.6 Å². The minimum atomic E-state index is -0.919. The van der Waals surface area contributed by atoms with E-state index in [1.165, 1.54) is 0 Å². The number of carbonyl (C=O) groups is 1. The van der Waals surface area contributed by atoms with Crippen LogP contribution in [0, 0.1) is 6.92 Å². The van der Waals surface area contributed by atoms with Crippen LogP contribution in [-0.2, 0) is 0 Å². The van der Waals surface area contributed by atoms with E-state index in [1.807, 2.05) is 13.8 Å². The van der Waals surface area contributed by atoms with E-state index >= 15 is 0 Å². The van der Waals surface area contributed by atoms with Gasteiger partial charge in [-0.15, -0.1) is 0 Å². The van der Waals surface area contributed by atoms with E-state index in [0.29, 0.717) is 30.5 Å². The van der Waals surface area contributed by atoms with Crippen molar-refractivity contribution < 1.29 is 15.0 Å². The Morgan fingerprint density at radius 2 is 1.94 bits per heavy atom. The molecule has 0 unspecified atom stereocenters. The summed E-state index contributed by atoms with van der Waals surface area (Å²) in [5.74, 6) is -0.919. The first kappa shape index (κ1) is 14.5. The predicted octanol–water partition coefficient (Wildman–Crippen LogP) is 2.66. The smallest absolute Gasteiger partial charge is 0.335 e. The van der Waals surface area contributed by atoms with Crippen LogP contribution in [0.15, 0.2) is 18.2 Å². The van der Waals surface area contributed by atoms with E-state index in [9.17, 15) is 9.90 Å². The molecule has 100 valence electrons. The number of aryl methyl sites for hydroxylation is 1. The molecule has 0 amide bonds. The van der Waals surface area contributed by atoms with Crippen molar-refractivity contribution in [3.63, 3.8) is 0 Å². The SMILES string of the molecule is CCC(O)(CC)CNc1ccc(C(=O)O)c(C)c1. The largest absolute Gasteiger partial charge is 0.478 e. The highest BCUT2D eigenvalue weighted by atomic mass is 16.4. The van der Waals surface area contributed by atoms with Crippen molar-refractivity contribution in [1.82, 2.24) is 0 Å². The number of benzene rings is 1. The van der Waals surface area contributed by atoms with Crippen molar-refractivity contribution in [2.75, 3.05) is 11.9 Å². The monoisotopic (exact) mass is 251 g/mol. The molecule has 0 radical (unpaired) electrons. The van der Waals surface area contributed by atoms with E-state index in [0.717, 1.165) is 5.69 Å². The summed E-state index contributed by atoms with van der Waals surface area (Å²) in [5.41, 5.74) is 1.14. The highest BCUT2D eigenvalue weighted by Crippen LogP contribution is 2.19. The molecule has 4 nitrogen and oxygen atoms in total. The van der Waals surface area contributed by atoms with Gasteiger partial charge in [0.15, 0.2) is 0 Å². The highest BCUT2D eigenvalue weighted by Gasteiger charge is 2.21. The first-order valence-corrected chi connectivity index (χ1v) is 6.22. The van der Waals surface area contributed by atoms with Gasteiger partial charge in [0, 0.05) is 12.2 Å². The molecular formula is C14H21NO3. The van der Waals surface area contributed by atoms with Crippen LogP contribution < -0.4 is 5.32 Å². The zero-order chi connectivity index (χ0) is 13.8. The first-order valence-electron chi connectivity index (χ1n) is 6.22. The lowest BCUT2D eigenvalue weighted by molar-refractivity contribution is 0.0457. The van der Waals surface area contributed by atoms with Gasteiger partial charge in [-0.05, 0) is 43.5 Å². The second-order valence-corrected chi connectivity index (χ2v) is 4.62. The van der Waals surface area contributed by atoms with Crippen LogP contribution in [0.25, 0.3) is 0 Å². The van der Waals surface area contributed by atoms with Gasteiger partial charge in [-0.25, -0.2) is 4.79 Å². The molecule has 1 rings (SSSR count). The van der Waals surface area contributed by atoms with Crippen molar-refractivity contribution in [3.8, 4) is 0 Å². The number of hydrogen-bond donors (Lipinski definition) is 3. The molecule has 3 N–H and O–H groups in total. The lowest BCUT2D eigenvalue weighted by Crippen LogP contribution is -2.35. The maximum Gasteiger partial charge on any atom is 0.335 e. The third-order valence-corrected chi connectivity index (χ3v) is 3.39. The molecule has 1 aromatic rings. The summed E-state index contributed by atoms with van der Waals surface area (Å²) >= 11 is 0. The van der Waals surface area contributed by atoms with Crippen molar-refractivity contribution >= 4 is 11.7 Å². The van der Waals surface area contributed by atoms with E-state index in [-0.39, 0.29) is 0 Å². The predicted molar refractivity (Wildman–Crippen MR) is 72.2 cm³/mol. The Morgan fingerprint density at radius 3 is 2.39 bits per heavy atom. The first-order chi connectivity index (χ1) is 8.41. The number of anilines is 1. The quantitative estimate of drug-likeness (QED) is 0.727. The van der Waals surface area contributed by atoms with E-state index in [2.05, 4.69) is 5.32 Å². The van der Waals surface area contributed by atoms with E-state index in [4.69, 9.17) is 5.11 Å². The van der Waals surface area contributed by atoms with Crippen LogP contribution in [0.2, 0.25) is 0 Å². The number of nitrogens with one attached hydrogen (secondary N) is 1. The lowest BCUT2D eigenvalue weighted by Gasteiger charge is -2.26. The molecule has 1 aromatic carbocycles. The summed E-state index contributed by atoms with van der Waals surface area (Å²) in [7, 11) is 0. The average Bonchev–Trinajstić information content (AvgIpc) is 2.35. The van der Waals surface area contributed by atoms with Crippen molar-refractivity contribution in [2.45, 2.75) is 39.2 Å². The Morgan fingerprint density at radius 1 is 1.33 bits per heavy atom. The number of carboxylic acids is 1. The van der Waals surface area contributed by atoms with Crippen LogP contribution in [0.5, 0.6) is 0 Å². The Bertz CT molecular complexity index is 425. The molecule has 0 saturated carbocycles. The zero-order valence-corrected chi connectivity index (χ0v) is 11.2. The number of hydrogen-bond acceptors (Lipinski definition) is 3. The molecule has 0 fully saturated rings. The van der Waals surface area contributed by atoms with Crippen molar-refractivity contribution in [2.24, 2.45) is 0 Å². The average molecular weight is 251 g/mol. The fourth-order valence-corrected chi connectivity index (χ4v) is 1.78. The Kier molecular flexibility index (Phi) is 4.73. The molecule has 0 heterocycles. The molecule has 0 saturated heterocycles. The lowest BCUT2D eigenvalue weighted by atomic mass is 9.97. The molecular weight excluding hydrogens is 230 g/mol. The van der Waals surface area contributed by atoms with Gasteiger partial charge >= 0.3 is 5.97 Å². The van der Waals surface area contributed by atoms with Gasteiger partial charge in [0.05, 0.1) is 11.2 Å². The molecule has 4 heteroatoms. The zero-order valence-electron chi connectivity index (χ0n) is 11.2. The maximum atomic E-state index is 10.9. The summed E-state index contributed by atoms with van der Waals surface area (Å²) in [4.78, 5) is 10.9. The molecule has 0 aliphatic carbocycles. The Hall–Kier alpha value is -1.55. The molecule has 0 aliphatic heterocycles. The molecule has 18 heavy (non-hydrogen) atoms. The minimum absolute atomic E-state index is 0.307. The second kappa shape index (κ2) is 5.87. The van der Waals surface area contributed by atoms with Gasteiger partial charge in [0.25, 0.3) is 0 Å². The summed E-state index contributed by atoms with van der Waals surface area (Å²) in [6, 6.07) is 5.09. The standard InChI is InChI=1S/C14H21NO3/c1-4-14(18,5-2)9-15-11-6-7-12(13(16)17)10(3)8-11/h6-8,15,18H,4-5,9H2,1-3H3,(H,16,17). The van der Waals surface area contributed by atoms with Gasteiger partial charge in [-0.1, -0.05) is 13.8 Å². The third-order valence-electron chi connectivity index (χ3n) is 3.39. The van der Waals surface area contributed by atoms with Gasteiger partial charge in [-0.3, -0.25) is 0 Å². The van der Waals surface area contributed by atoms with E-state index in [1.54, 1.807) is 25.1 Å². The number of aromatic carboxylic acids is 1. The normalized spacial score (nSPS) is 11.3. The molecule has 0 atom stereocenters. The van der Waals surface area contributed by atoms with Crippen LogP contribution in [0.4, 0.5) is 5.69 Å². The molecule has 0 aromatic heterocycles. The number of aliphatic hydroxyl groups is 1. The summed E-state index contributed by atoms with van der Waals surface area (Å²) in [6.45, 7) is 6.13. The van der Waals surface area contributed by atoms with Crippen molar-refractivity contribution in [3.05, 3.63) is 29.3 Å². The fraction of sp³-hybridized carbons (Fsp3) is 0.500. The highest BCUT2D eigenvalue weighted by molar-refractivity contribution is 5.89. The Labute approximate surface area is 108 Å². The number of rotatable bonds is 6. The van der Waals surface area contributed by atoms with Crippen LogP contribution in [0.1, 0.15) is 42.6 Å². The van der Waals surface area contributed by atoms with Crippen LogP contribution in [0.3, 0.4) is 0 Å². The molecule has 0 aliphatic rings. The number of carboxylic acid groups (broad SMARTS) is 1. The summed E-state index contributed by atoms with van der Waals surface area (Å²) < 4.78 is 0. The minimum Gasteiger partial charge on any atom is -0.478 e. The van der Waals surface area contributed by atoms with Gasteiger partial charge in [0.2, 0.25) is 0 Å². The Balaban J connectivity index is 2.75. The summed E-state index contributed by atoms with van der Waals surface area (Å²) in [5, 5.41) is 22.2. The van der Waals surface area contributed by atoms with Gasteiger partial charge < -0.3 is 15.5 Å². The van der Waals surface area contributed by atoms with Gasteiger partial charge in [-0.2, -0.15) is 0 Å². The second-order valence-electron chi connectivity index (χ2n) is 4.62. The molecule has 0 spiro atoms.